The summed E-state index contributed by atoms with van der Waals surface area (Å²) in [4.78, 5) is 56.2. The fraction of sp³-hybridized carbons (Fsp3) is 0.341. The summed E-state index contributed by atoms with van der Waals surface area (Å²) in [5.41, 5.74) is 9.72. The number of ether oxygens (including phenoxy) is 1. The van der Waals surface area contributed by atoms with E-state index in [0.29, 0.717) is 37.7 Å². The maximum atomic E-state index is 13.5. The van der Waals surface area contributed by atoms with Crippen molar-refractivity contribution >= 4 is 62.5 Å². The van der Waals surface area contributed by atoms with Gasteiger partial charge in [-0.05, 0) is 67.1 Å². The molecule has 14 nitrogen and oxygen atoms in total. The van der Waals surface area contributed by atoms with Crippen LogP contribution in [0.15, 0.2) is 73.1 Å². The fourth-order valence-electron chi connectivity index (χ4n) is 9.18. The maximum Gasteiger partial charge on any atom is 0.237 e. The highest BCUT2D eigenvalue weighted by Crippen LogP contribution is 2.45. The van der Waals surface area contributed by atoms with E-state index in [9.17, 15) is 14.4 Å². The van der Waals surface area contributed by atoms with Gasteiger partial charge in [-0.2, -0.15) is 5.10 Å². The number of aryl methyl sites for hydroxylation is 1. The van der Waals surface area contributed by atoms with Crippen molar-refractivity contribution in [3.05, 3.63) is 89.9 Å². The molecule has 294 valence electrons. The van der Waals surface area contributed by atoms with E-state index in [2.05, 4.69) is 55.9 Å². The molecule has 58 heavy (non-hydrogen) atoms. The van der Waals surface area contributed by atoms with Crippen molar-refractivity contribution in [1.82, 2.24) is 34.9 Å². The smallest absolute Gasteiger partial charge is 0.237 e. The highest BCUT2D eigenvalue weighted by Gasteiger charge is 2.46. The quantitative estimate of drug-likeness (QED) is 0.173. The molecule has 3 fully saturated rings. The summed E-state index contributed by atoms with van der Waals surface area (Å²) >= 11 is 0. The van der Waals surface area contributed by atoms with Crippen molar-refractivity contribution < 1.29 is 19.1 Å². The summed E-state index contributed by atoms with van der Waals surface area (Å²) in [6, 6.07) is 20.2. The van der Waals surface area contributed by atoms with E-state index in [4.69, 9.17) is 14.8 Å². The molecule has 3 saturated heterocycles. The lowest BCUT2D eigenvalue weighted by atomic mass is 9.71. The molecule has 7 heterocycles. The third-order valence-electron chi connectivity index (χ3n) is 12.4. The van der Waals surface area contributed by atoms with Crippen molar-refractivity contribution in [2.24, 2.45) is 12.5 Å². The Bertz CT molecular complexity index is 2620. The van der Waals surface area contributed by atoms with Crippen LogP contribution in [0, 0.1) is 12.3 Å². The number of benzene rings is 3. The van der Waals surface area contributed by atoms with Gasteiger partial charge in [0.2, 0.25) is 29.5 Å². The standard InChI is InChI=1S/C44H44N10O4/c1-26-33(23-46-42-38(26)45-16-19-58-42)28-8-9-29-22-47-43(49-34(29)21-28)48-30-10-6-27(7-11-30)20-37(56)53-17-14-44(15-18-53)24-54(25-44)35-5-3-4-31-39(51-52(2)40(31)35)32-12-13-36(55)50-41(32)57/h3-11,21-23,32,45H,12-20,24-25H2,1-2H3,(H,47,48,49)(H,50,55,57). The Morgan fingerprint density at radius 3 is 2.66 bits per heavy atom. The Hall–Kier alpha value is -6.57. The van der Waals surface area contributed by atoms with Gasteiger partial charge in [0.25, 0.3) is 0 Å². The molecule has 4 aliphatic heterocycles. The van der Waals surface area contributed by atoms with E-state index in [0.717, 1.165) is 112 Å². The van der Waals surface area contributed by atoms with Crippen LogP contribution in [0.1, 0.15) is 48.4 Å². The number of rotatable bonds is 7. The molecule has 4 aliphatic rings. The zero-order valence-electron chi connectivity index (χ0n) is 32.5. The molecule has 14 heteroatoms. The van der Waals surface area contributed by atoms with Crippen molar-refractivity contribution in [1.29, 1.82) is 0 Å². The van der Waals surface area contributed by atoms with E-state index in [1.54, 1.807) is 0 Å². The lowest BCUT2D eigenvalue weighted by molar-refractivity contribution is -0.135. The number of carbonyl (C=O) groups excluding carboxylic acids is 3. The summed E-state index contributed by atoms with van der Waals surface area (Å²) in [5.74, 6) is 0.354. The fourth-order valence-corrected chi connectivity index (χ4v) is 9.18. The van der Waals surface area contributed by atoms with Crippen LogP contribution in [-0.4, -0.2) is 86.7 Å². The molecule has 3 aromatic carbocycles. The largest absolute Gasteiger partial charge is 0.474 e. The van der Waals surface area contributed by atoms with Gasteiger partial charge in [-0.25, -0.2) is 15.0 Å². The Kier molecular flexibility index (Phi) is 8.72. The van der Waals surface area contributed by atoms with Crippen LogP contribution in [0.4, 0.5) is 23.0 Å². The average molecular weight is 777 g/mol. The van der Waals surface area contributed by atoms with Gasteiger partial charge in [0.05, 0.1) is 34.8 Å². The van der Waals surface area contributed by atoms with Gasteiger partial charge in [0, 0.05) is 86.0 Å². The minimum atomic E-state index is -0.431. The van der Waals surface area contributed by atoms with Gasteiger partial charge in [0.1, 0.15) is 12.3 Å². The second kappa shape index (κ2) is 14.1. The van der Waals surface area contributed by atoms with Crippen LogP contribution in [0.3, 0.4) is 0 Å². The van der Waals surface area contributed by atoms with Gasteiger partial charge >= 0.3 is 0 Å². The van der Waals surface area contributed by atoms with E-state index in [1.807, 2.05) is 71.5 Å². The maximum absolute atomic E-state index is 13.5. The monoisotopic (exact) mass is 776 g/mol. The molecule has 3 N–H and O–H groups in total. The van der Waals surface area contributed by atoms with Crippen molar-refractivity contribution in [3.63, 3.8) is 0 Å². The van der Waals surface area contributed by atoms with Crippen LogP contribution in [0.5, 0.6) is 5.88 Å². The molecular formula is C44H44N10O4. The highest BCUT2D eigenvalue weighted by atomic mass is 16.5. The average Bonchev–Trinajstić information content (AvgIpc) is 3.56. The first-order valence-electron chi connectivity index (χ1n) is 20.0. The number of imide groups is 1. The Labute approximate surface area is 335 Å². The van der Waals surface area contributed by atoms with Crippen molar-refractivity contribution in [2.75, 3.05) is 54.9 Å². The zero-order chi connectivity index (χ0) is 39.5. The van der Waals surface area contributed by atoms with Crippen LogP contribution >= 0.6 is 0 Å². The zero-order valence-corrected chi connectivity index (χ0v) is 32.5. The first kappa shape index (κ1) is 35.8. The first-order chi connectivity index (χ1) is 28.2. The number of piperidine rings is 2. The molecule has 3 amide bonds. The SMILES string of the molecule is Cc1c(-c2ccc3cnc(Nc4ccc(CC(=O)N5CCC6(CC5)CN(c5cccc7c(C8CCC(=O)NC8=O)nn(C)c57)C6)cc4)nc3c2)cnc2c1NCCO2. The van der Waals surface area contributed by atoms with Gasteiger partial charge in [-0.1, -0.05) is 36.4 Å². The third kappa shape index (κ3) is 6.42. The summed E-state index contributed by atoms with van der Waals surface area (Å²) < 4.78 is 7.58. The molecule has 10 rings (SSSR count). The number of pyridine rings is 1. The van der Waals surface area contributed by atoms with Crippen LogP contribution in [0.2, 0.25) is 0 Å². The molecular weight excluding hydrogens is 733 g/mol. The van der Waals surface area contributed by atoms with Gasteiger partial charge in [0.15, 0.2) is 0 Å². The number of anilines is 4. The molecule has 0 saturated carbocycles. The lowest BCUT2D eigenvalue weighted by Crippen LogP contribution is -2.61. The van der Waals surface area contributed by atoms with Crippen LogP contribution in [-0.2, 0) is 27.9 Å². The number of para-hydroxylation sites is 1. The number of hydrogen-bond donors (Lipinski definition) is 3. The number of nitrogens with zero attached hydrogens (tertiary/aromatic N) is 7. The molecule has 1 spiro atoms. The van der Waals surface area contributed by atoms with Gasteiger partial charge in [-0.3, -0.25) is 24.4 Å². The van der Waals surface area contributed by atoms with Crippen molar-refractivity contribution in [3.8, 4) is 17.0 Å². The normalized spacial score (nSPS) is 18.7. The number of likely N-dealkylation sites (tertiary alicyclic amines) is 1. The first-order valence-corrected chi connectivity index (χ1v) is 20.0. The highest BCUT2D eigenvalue weighted by molar-refractivity contribution is 6.03. The summed E-state index contributed by atoms with van der Waals surface area (Å²) in [6.45, 7) is 6.77. The Morgan fingerprint density at radius 2 is 1.84 bits per heavy atom. The number of amides is 3. The number of hydrogen-bond acceptors (Lipinski definition) is 11. The Morgan fingerprint density at radius 1 is 1.02 bits per heavy atom. The molecule has 0 bridgehead atoms. The summed E-state index contributed by atoms with van der Waals surface area (Å²) in [7, 11) is 1.92. The van der Waals surface area contributed by atoms with E-state index in [-0.39, 0.29) is 23.1 Å². The van der Waals surface area contributed by atoms with E-state index in [1.165, 1.54) is 0 Å². The second-order valence-electron chi connectivity index (χ2n) is 16.1. The van der Waals surface area contributed by atoms with Gasteiger partial charge in [-0.15, -0.1) is 0 Å². The summed E-state index contributed by atoms with van der Waals surface area (Å²) in [6.07, 6.45) is 6.75. The van der Waals surface area contributed by atoms with E-state index >= 15 is 0 Å². The van der Waals surface area contributed by atoms with E-state index < -0.39 is 5.92 Å². The van der Waals surface area contributed by atoms with Crippen molar-refractivity contribution in [2.45, 2.75) is 44.9 Å². The predicted molar refractivity (Wildman–Crippen MR) is 221 cm³/mol. The molecule has 1 atom stereocenters. The van der Waals surface area contributed by atoms with Crippen LogP contribution in [0.25, 0.3) is 32.9 Å². The second-order valence-corrected chi connectivity index (χ2v) is 16.1. The third-order valence-corrected chi connectivity index (χ3v) is 12.4. The molecule has 3 aromatic heterocycles. The minimum Gasteiger partial charge on any atom is -0.474 e. The molecule has 0 aliphatic carbocycles. The lowest BCUT2D eigenvalue weighted by Gasteiger charge is -2.55. The summed E-state index contributed by atoms with van der Waals surface area (Å²) in [5, 5.41) is 15.9. The molecule has 6 aromatic rings. The predicted octanol–water partition coefficient (Wildman–Crippen LogP) is 5.63. The minimum absolute atomic E-state index is 0.147. The van der Waals surface area contributed by atoms with Gasteiger partial charge < -0.3 is 25.2 Å². The number of carbonyl (C=O) groups is 3. The molecule has 0 radical (unpaired) electrons. The molecule has 1 unspecified atom stereocenters. The number of fused-ring (bicyclic) bond motifs is 3. The Balaban J connectivity index is 0.746. The van der Waals surface area contributed by atoms with Crippen LogP contribution < -0.4 is 25.6 Å². The number of aromatic nitrogens is 5. The topological polar surface area (TPSA) is 160 Å². The number of nitrogens with one attached hydrogen (secondary N) is 3.